The van der Waals surface area contributed by atoms with E-state index < -0.39 is 0 Å². The molecule has 0 unspecified atom stereocenters. The van der Waals surface area contributed by atoms with E-state index in [2.05, 4.69) is 10.3 Å². The molecule has 1 aliphatic heterocycles. The van der Waals surface area contributed by atoms with Crippen molar-refractivity contribution in [1.82, 2.24) is 4.98 Å². The lowest BCUT2D eigenvalue weighted by molar-refractivity contribution is 0.0630. The van der Waals surface area contributed by atoms with Crippen molar-refractivity contribution in [3.63, 3.8) is 0 Å². The SMILES string of the molecule is Nc1ccccc1NC(=O)c1ccc(C2(c3nccs3)CCOCC2)cc1. The van der Waals surface area contributed by atoms with Crippen molar-refractivity contribution in [1.29, 1.82) is 0 Å². The van der Waals surface area contributed by atoms with Gasteiger partial charge in [0.1, 0.15) is 5.01 Å². The Morgan fingerprint density at radius 1 is 1.11 bits per heavy atom. The van der Waals surface area contributed by atoms with Crippen LogP contribution in [0.5, 0.6) is 0 Å². The fourth-order valence-corrected chi connectivity index (χ4v) is 4.47. The normalized spacial score (nSPS) is 16.0. The van der Waals surface area contributed by atoms with E-state index in [-0.39, 0.29) is 11.3 Å². The first-order valence-corrected chi connectivity index (χ1v) is 9.81. The van der Waals surface area contributed by atoms with Crippen LogP contribution < -0.4 is 11.1 Å². The number of rotatable bonds is 4. The highest BCUT2D eigenvalue weighted by atomic mass is 32.1. The van der Waals surface area contributed by atoms with E-state index in [0.717, 1.165) is 31.1 Å². The number of carbonyl (C=O) groups is 1. The summed E-state index contributed by atoms with van der Waals surface area (Å²) in [6, 6.07) is 15.1. The number of hydrogen-bond acceptors (Lipinski definition) is 5. The van der Waals surface area contributed by atoms with Crippen molar-refractivity contribution < 1.29 is 9.53 Å². The molecule has 1 fully saturated rings. The summed E-state index contributed by atoms with van der Waals surface area (Å²) in [5.74, 6) is -0.172. The third-order valence-corrected chi connectivity index (χ3v) is 6.07. The minimum Gasteiger partial charge on any atom is -0.397 e. The van der Waals surface area contributed by atoms with Crippen LogP contribution in [0.15, 0.2) is 60.1 Å². The van der Waals surface area contributed by atoms with Crippen LogP contribution in [0.2, 0.25) is 0 Å². The number of hydrogen-bond donors (Lipinski definition) is 2. The lowest BCUT2D eigenvalue weighted by Gasteiger charge is -2.36. The summed E-state index contributed by atoms with van der Waals surface area (Å²) in [6.45, 7) is 1.43. The number of amides is 1. The van der Waals surface area contributed by atoms with Crippen LogP contribution >= 0.6 is 11.3 Å². The van der Waals surface area contributed by atoms with Gasteiger partial charge in [-0.2, -0.15) is 0 Å². The van der Waals surface area contributed by atoms with Crippen LogP contribution in [0, 0.1) is 0 Å². The molecule has 0 bridgehead atoms. The lowest BCUT2D eigenvalue weighted by Crippen LogP contribution is -2.35. The highest BCUT2D eigenvalue weighted by Gasteiger charge is 2.38. The van der Waals surface area contributed by atoms with Gasteiger partial charge in [0.2, 0.25) is 0 Å². The molecular formula is C21H21N3O2S. The summed E-state index contributed by atoms with van der Waals surface area (Å²) in [7, 11) is 0. The van der Waals surface area contributed by atoms with E-state index in [1.807, 2.05) is 48.0 Å². The van der Waals surface area contributed by atoms with Gasteiger partial charge < -0.3 is 15.8 Å². The number of benzene rings is 2. The summed E-state index contributed by atoms with van der Waals surface area (Å²) in [6.07, 6.45) is 3.64. The van der Waals surface area contributed by atoms with E-state index in [0.29, 0.717) is 16.9 Å². The molecule has 4 rings (SSSR count). The Morgan fingerprint density at radius 2 is 1.85 bits per heavy atom. The maximum atomic E-state index is 12.6. The minimum atomic E-state index is -0.172. The van der Waals surface area contributed by atoms with Gasteiger partial charge in [-0.05, 0) is 42.7 Å². The van der Waals surface area contributed by atoms with Gasteiger partial charge in [-0.1, -0.05) is 24.3 Å². The molecule has 2 heterocycles. The van der Waals surface area contributed by atoms with Crippen molar-refractivity contribution in [2.24, 2.45) is 0 Å². The van der Waals surface area contributed by atoms with Crippen LogP contribution in [0.1, 0.15) is 33.8 Å². The number of para-hydroxylation sites is 2. The molecule has 6 heteroatoms. The van der Waals surface area contributed by atoms with Gasteiger partial charge >= 0.3 is 0 Å². The summed E-state index contributed by atoms with van der Waals surface area (Å²) in [4.78, 5) is 17.1. The zero-order chi connectivity index (χ0) is 18.7. The van der Waals surface area contributed by atoms with E-state index in [1.54, 1.807) is 23.5 Å². The van der Waals surface area contributed by atoms with E-state index in [4.69, 9.17) is 10.5 Å². The highest BCUT2D eigenvalue weighted by Crippen LogP contribution is 2.42. The number of nitrogen functional groups attached to an aromatic ring is 1. The summed E-state index contributed by atoms with van der Waals surface area (Å²) in [5, 5.41) is 5.99. The van der Waals surface area contributed by atoms with Gasteiger partial charge in [-0.15, -0.1) is 11.3 Å². The largest absolute Gasteiger partial charge is 0.397 e. The lowest BCUT2D eigenvalue weighted by atomic mass is 9.74. The predicted octanol–water partition coefficient (Wildman–Crippen LogP) is 4.07. The molecule has 3 aromatic rings. The third-order valence-electron chi connectivity index (χ3n) is 5.10. The molecule has 27 heavy (non-hydrogen) atoms. The topological polar surface area (TPSA) is 77.2 Å². The van der Waals surface area contributed by atoms with Crippen LogP contribution in [0.3, 0.4) is 0 Å². The molecule has 5 nitrogen and oxygen atoms in total. The average Bonchev–Trinajstić information content (AvgIpc) is 3.26. The molecule has 0 atom stereocenters. The minimum absolute atomic E-state index is 0.134. The second-order valence-corrected chi connectivity index (χ2v) is 7.55. The van der Waals surface area contributed by atoms with Gasteiger partial charge in [0, 0.05) is 30.4 Å². The Labute approximate surface area is 162 Å². The Kier molecular flexibility index (Phi) is 4.92. The van der Waals surface area contributed by atoms with Crippen LogP contribution in [-0.2, 0) is 10.2 Å². The van der Waals surface area contributed by atoms with E-state index in [1.165, 1.54) is 5.56 Å². The Bertz CT molecular complexity index is 917. The van der Waals surface area contributed by atoms with Crippen molar-refractivity contribution in [3.8, 4) is 0 Å². The van der Waals surface area contributed by atoms with Gasteiger partial charge in [0.25, 0.3) is 5.91 Å². The molecule has 0 radical (unpaired) electrons. The van der Waals surface area contributed by atoms with E-state index in [9.17, 15) is 4.79 Å². The number of nitrogens with one attached hydrogen (secondary N) is 1. The standard InChI is InChI=1S/C21H21N3O2S/c22-17-3-1-2-4-18(17)24-19(25)15-5-7-16(8-6-15)21(9-12-26-13-10-21)20-23-11-14-27-20/h1-8,11,14H,9-10,12-13,22H2,(H,24,25). The van der Waals surface area contributed by atoms with E-state index >= 15 is 0 Å². The Balaban J connectivity index is 1.59. The van der Waals surface area contributed by atoms with Crippen molar-refractivity contribution in [2.75, 3.05) is 24.3 Å². The van der Waals surface area contributed by atoms with Gasteiger partial charge in [0.05, 0.1) is 16.8 Å². The molecule has 0 saturated carbocycles. The second-order valence-electron chi connectivity index (χ2n) is 6.65. The Morgan fingerprint density at radius 3 is 2.52 bits per heavy atom. The number of anilines is 2. The zero-order valence-electron chi connectivity index (χ0n) is 14.9. The molecule has 1 aromatic heterocycles. The maximum absolute atomic E-state index is 12.6. The molecule has 1 aliphatic rings. The van der Waals surface area contributed by atoms with Gasteiger partial charge in [-0.25, -0.2) is 4.98 Å². The summed E-state index contributed by atoms with van der Waals surface area (Å²) in [5.41, 5.74) is 8.72. The monoisotopic (exact) mass is 379 g/mol. The molecule has 138 valence electrons. The Hall–Kier alpha value is -2.70. The van der Waals surface area contributed by atoms with Crippen molar-refractivity contribution in [2.45, 2.75) is 18.3 Å². The molecule has 1 amide bonds. The van der Waals surface area contributed by atoms with Gasteiger partial charge in [0.15, 0.2) is 0 Å². The number of thiazole rings is 1. The first-order valence-electron chi connectivity index (χ1n) is 8.93. The quantitative estimate of drug-likeness (QED) is 0.670. The fraction of sp³-hybridized carbons (Fsp3) is 0.238. The van der Waals surface area contributed by atoms with Crippen molar-refractivity contribution in [3.05, 3.63) is 76.2 Å². The molecular weight excluding hydrogens is 358 g/mol. The second kappa shape index (κ2) is 7.50. The molecule has 1 saturated heterocycles. The number of ether oxygens (including phenoxy) is 1. The summed E-state index contributed by atoms with van der Waals surface area (Å²) < 4.78 is 5.58. The molecule has 3 N–H and O–H groups in total. The fourth-order valence-electron chi connectivity index (χ4n) is 3.55. The number of nitrogens with zero attached hydrogens (tertiary/aromatic N) is 1. The maximum Gasteiger partial charge on any atom is 0.255 e. The first kappa shape index (κ1) is 17.7. The molecule has 0 aliphatic carbocycles. The van der Waals surface area contributed by atoms with Crippen molar-refractivity contribution >= 4 is 28.6 Å². The van der Waals surface area contributed by atoms with Crippen LogP contribution in [-0.4, -0.2) is 24.1 Å². The average molecular weight is 379 g/mol. The van der Waals surface area contributed by atoms with Crippen LogP contribution in [0.4, 0.5) is 11.4 Å². The molecule has 0 spiro atoms. The van der Waals surface area contributed by atoms with Gasteiger partial charge in [-0.3, -0.25) is 4.79 Å². The molecule has 2 aromatic carbocycles. The summed E-state index contributed by atoms with van der Waals surface area (Å²) >= 11 is 1.68. The predicted molar refractivity (Wildman–Crippen MR) is 108 cm³/mol. The number of aromatic nitrogens is 1. The zero-order valence-corrected chi connectivity index (χ0v) is 15.7. The first-order chi connectivity index (χ1) is 13.2. The highest BCUT2D eigenvalue weighted by molar-refractivity contribution is 7.09. The smallest absolute Gasteiger partial charge is 0.255 e. The number of nitrogens with two attached hydrogens (primary N) is 1. The third kappa shape index (κ3) is 3.46. The van der Waals surface area contributed by atoms with Crippen LogP contribution in [0.25, 0.3) is 0 Å². The number of carbonyl (C=O) groups excluding carboxylic acids is 1.